The van der Waals surface area contributed by atoms with Gasteiger partial charge in [-0.1, -0.05) is 29.3 Å². The molecule has 1 heterocycles. The molecular formula is C20H23ClN4. The van der Waals surface area contributed by atoms with E-state index in [0.29, 0.717) is 5.02 Å². The monoisotopic (exact) mass is 354 g/mol. The van der Waals surface area contributed by atoms with E-state index in [0.717, 1.165) is 22.9 Å². The molecule has 0 aliphatic carbocycles. The highest BCUT2D eigenvalue weighted by Gasteiger charge is 2.27. The smallest absolute Gasteiger partial charge is 0.179 e. The topological polar surface area (TPSA) is 48.8 Å². The van der Waals surface area contributed by atoms with E-state index in [1.807, 2.05) is 24.3 Å². The van der Waals surface area contributed by atoms with Crippen molar-refractivity contribution in [1.29, 1.82) is 0 Å². The predicted octanol–water partition coefficient (Wildman–Crippen LogP) is 4.63. The average molecular weight is 355 g/mol. The molecule has 2 N–H and O–H groups in total. The molecule has 2 aromatic rings. The molecule has 0 fully saturated rings. The molecule has 0 saturated heterocycles. The van der Waals surface area contributed by atoms with Crippen LogP contribution in [-0.2, 0) is 0 Å². The van der Waals surface area contributed by atoms with Crippen LogP contribution < -0.4 is 10.6 Å². The normalized spacial score (nSPS) is 18.8. The van der Waals surface area contributed by atoms with Gasteiger partial charge in [-0.25, -0.2) is 4.99 Å². The van der Waals surface area contributed by atoms with Gasteiger partial charge in [-0.2, -0.15) is 0 Å². The highest BCUT2D eigenvalue weighted by atomic mass is 35.5. The molecule has 3 rings (SSSR count). The minimum Gasteiger partial charge on any atom is -0.358 e. The Morgan fingerprint density at radius 1 is 1.04 bits per heavy atom. The predicted molar refractivity (Wildman–Crippen MR) is 107 cm³/mol. The van der Waals surface area contributed by atoms with Gasteiger partial charge in [0.15, 0.2) is 6.17 Å². The van der Waals surface area contributed by atoms with Gasteiger partial charge in [0.2, 0.25) is 0 Å². The van der Waals surface area contributed by atoms with Crippen molar-refractivity contribution in [3.8, 4) is 0 Å². The Labute approximate surface area is 154 Å². The molecule has 1 unspecified atom stereocenters. The Kier molecular flexibility index (Phi) is 4.82. The summed E-state index contributed by atoms with van der Waals surface area (Å²) in [5, 5.41) is 7.51. The Bertz CT molecular complexity index is 799. The van der Waals surface area contributed by atoms with Gasteiger partial charge in [0.25, 0.3) is 0 Å². The molecular weight excluding hydrogens is 332 g/mol. The first-order chi connectivity index (χ1) is 11.8. The van der Waals surface area contributed by atoms with Gasteiger partial charge < -0.3 is 10.6 Å². The first-order valence-electron chi connectivity index (χ1n) is 8.34. The number of nitrogens with one attached hydrogen (secondary N) is 2. The van der Waals surface area contributed by atoms with Crippen molar-refractivity contribution in [1.82, 2.24) is 5.32 Å². The van der Waals surface area contributed by atoms with Gasteiger partial charge in [-0.3, -0.25) is 4.99 Å². The van der Waals surface area contributed by atoms with E-state index in [1.54, 1.807) is 0 Å². The molecule has 1 aliphatic heterocycles. The zero-order valence-corrected chi connectivity index (χ0v) is 15.7. The van der Waals surface area contributed by atoms with Crippen molar-refractivity contribution in [2.75, 3.05) is 5.32 Å². The number of aryl methyl sites for hydroxylation is 1. The van der Waals surface area contributed by atoms with Crippen molar-refractivity contribution in [2.24, 2.45) is 9.98 Å². The lowest BCUT2D eigenvalue weighted by molar-refractivity contribution is 0.579. The molecule has 0 radical (unpaired) electrons. The number of halogens is 1. The Balaban J connectivity index is 1.90. The van der Waals surface area contributed by atoms with E-state index in [-0.39, 0.29) is 11.7 Å². The van der Waals surface area contributed by atoms with Crippen LogP contribution in [0.25, 0.3) is 0 Å². The average Bonchev–Trinajstić information content (AvgIpc) is 2.91. The van der Waals surface area contributed by atoms with Gasteiger partial charge >= 0.3 is 0 Å². The van der Waals surface area contributed by atoms with Gasteiger partial charge in [0.1, 0.15) is 11.7 Å². The van der Waals surface area contributed by atoms with Crippen LogP contribution in [0.5, 0.6) is 0 Å². The van der Waals surface area contributed by atoms with Crippen molar-refractivity contribution in [3.05, 3.63) is 64.7 Å². The molecule has 0 saturated carbocycles. The molecule has 1 atom stereocenters. The zero-order valence-electron chi connectivity index (χ0n) is 15.0. The number of rotatable bonds is 3. The van der Waals surface area contributed by atoms with Gasteiger partial charge in [0, 0.05) is 16.3 Å². The molecule has 5 heteroatoms. The molecule has 130 valence electrons. The number of benzene rings is 2. The molecule has 4 nitrogen and oxygen atoms in total. The summed E-state index contributed by atoms with van der Waals surface area (Å²) in [5.41, 5.74) is 3.03. The number of nitrogens with zero attached hydrogens (tertiary/aromatic N) is 2. The fourth-order valence-corrected chi connectivity index (χ4v) is 2.65. The lowest BCUT2D eigenvalue weighted by Gasteiger charge is -2.18. The third kappa shape index (κ3) is 4.60. The fourth-order valence-electron chi connectivity index (χ4n) is 2.53. The van der Waals surface area contributed by atoms with E-state index in [1.165, 1.54) is 5.56 Å². The minimum absolute atomic E-state index is 0.194. The van der Waals surface area contributed by atoms with Crippen LogP contribution in [0.1, 0.15) is 31.9 Å². The summed E-state index contributed by atoms with van der Waals surface area (Å²) in [6.07, 6.45) is -0.243. The van der Waals surface area contributed by atoms with Crippen molar-refractivity contribution < 1.29 is 0 Å². The first-order valence-corrected chi connectivity index (χ1v) is 8.72. The van der Waals surface area contributed by atoms with Crippen LogP contribution in [0.4, 0.5) is 5.69 Å². The second-order valence-electron chi connectivity index (χ2n) is 7.19. The quantitative estimate of drug-likeness (QED) is 0.844. The van der Waals surface area contributed by atoms with Crippen LogP contribution in [0.2, 0.25) is 5.02 Å². The summed E-state index contributed by atoms with van der Waals surface area (Å²) in [6.45, 7) is 8.30. The number of hydrogen-bond acceptors (Lipinski definition) is 3. The largest absolute Gasteiger partial charge is 0.358 e. The first kappa shape index (κ1) is 17.5. The van der Waals surface area contributed by atoms with E-state index in [9.17, 15) is 0 Å². The third-order valence-electron chi connectivity index (χ3n) is 3.69. The highest BCUT2D eigenvalue weighted by Crippen LogP contribution is 2.18. The van der Waals surface area contributed by atoms with Gasteiger partial charge in [0.05, 0.1) is 5.54 Å². The second kappa shape index (κ2) is 6.89. The van der Waals surface area contributed by atoms with Crippen LogP contribution in [-0.4, -0.2) is 23.4 Å². The van der Waals surface area contributed by atoms with Crippen molar-refractivity contribution in [3.63, 3.8) is 0 Å². The van der Waals surface area contributed by atoms with Crippen molar-refractivity contribution >= 4 is 29.0 Å². The summed E-state index contributed by atoms with van der Waals surface area (Å²) in [4.78, 5) is 9.59. The van der Waals surface area contributed by atoms with Crippen LogP contribution >= 0.6 is 11.6 Å². The van der Waals surface area contributed by atoms with Crippen LogP contribution in [0.3, 0.4) is 0 Å². The SMILES string of the molecule is Cc1ccc(NC2N=C(c3ccc(Cl)cc3)NC2=NC(C)(C)C)cc1. The van der Waals surface area contributed by atoms with Crippen LogP contribution in [0.15, 0.2) is 58.5 Å². The maximum Gasteiger partial charge on any atom is 0.179 e. The van der Waals surface area contributed by atoms with E-state index >= 15 is 0 Å². The number of anilines is 1. The van der Waals surface area contributed by atoms with E-state index < -0.39 is 0 Å². The Hall–Kier alpha value is -2.33. The summed E-state index contributed by atoms with van der Waals surface area (Å²) in [5.74, 6) is 1.61. The standard InChI is InChI=1S/C20H23ClN4/c1-13-5-11-16(12-6-13)22-18-19(25-20(2,3)4)24-17(23-18)14-7-9-15(21)10-8-14/h5-12,18,22H,1-4H3,(H,23,24,25). The lowest BCUT2D eigenvalue weighted by Crippen LogP contribution is -2.36. The van der Waals surface area contributed by atoms with Crippen LogP contribution in [0, 0.1) is 6.92 Å². The molecule has 2 aromatic carbocycles. The second-order valence-corrected chi connectivity index (χ2v) is 7.63. The van der Waals surface area contributed by atoms with E-state index in [2.05, 4.69) is 62.6 Å². The third-order valence-corrected chi connectivity index (χ3v) is 3.94. The van der Waals surface area contributed by atoms with Crippen molar-refractivity contribution in [2.45, 2.75) is 39.4 Å². The molecule has 0 spiro atoms. The minimum atomic E-state index is -0.243. The zero-order chi connectivity index (χ0) is 18.0. The molecule has 0 aromatic heterocycles. The van der Waals surface area contributed by atoms with Gasteiger partial charge in [-0.15, -0.1) is 0 Å². The van der Waals surface area contributed by atoms with Gasteiger partial charge in [-0.05, 0) is 64.1 Å². The van der Waals surface area contributed by atoms with E-state index in [4.69, 9.17) is 21.6 Å². The maximum atomic E-state index is 5.99. The Morgan fingerprint density at radius 2 is 1.68 bits per heavy atom. The number of hydrogen-bond donors (Lipinski definition) is 2. The fraction of sp³-hybridized carbons (Fsp3) is 0.300. The number of amidine groups is 2. The lowest BCUT2D eigenvalue weighted by atomic mass is 10.1. The maximum absolute atomic E-state index is 5.99. The number of aliphatic imine (C=N–C) groups is 2. The highest BCUT2D eigenvalue weighted by molar-refractivity contribution is 6.30. The summed E-state index contributed by atoms with van der Waals surface area (Å²) < 4.78 is 0. The molecule has 0 bridgehead atoms. The summed E-state index contributed by atoms with van der Waals surface area (Å²) in [6, 6.07) is 15.9. The Morgan fingerprint density at radius 3 is 2.28 bits per heavy atom. The summed E-state index contributed by atoms with van der Waals surface area (Å²) in [7, 11) is 0. The molecule has 1 aliphatic rings. The summed E-state index contributed by atoms with van der Waals surface area (Å²) >= 11 is 5.99. The molecule has 25 heavy (non-hydrogen) atoms. The molecule has 0 amide bonds.